The summed E-state index contributed by atoms with van der Waals surface area (Å²) in [6, 6.07) is 0. The zero-order valence-corrected chi connectivity index (χ0v) is 8.77. The van der Waals surface area contributed by atoms with Gasteiger partial charge in [-0.3, -0.25) is 0 Å². The molecule has 0 spiro atoms. The van der Waals surface area contributed by atoms with E-state index in [0.29, 0.717) is 6.16 Å². The van der Waals surface area contributed by atoms with Crippen molar-refractivity contribution < 1.29 is 44.9 Å². The van der Waals surface area contributed by atoms with E-state index in [-0.39, 0.29) is 31.0 Å². The summed E-state index contributed by atoms with van der Waals surface area (Å²) in [6.45, 7) is 2.94. The van der Waals surface area contributed by atoms with Gasteiger partial charge in [0.1, 0.15) is 0 Å². The van der Waals surface area contributed by atoms with Crippen molar-refractivity contribution in [3.63, 3.8) is 0 Å². The maximum absolute atomic E-state index is 10.3. The molecule has 5 heteroatoms. The maximum Gasteiger partial charge on any atom is 1.00 e. The van der Waals surface area contributed by atoms with Crippen LogP contribution in [0.3, 0.4) is 0 Å². The predicted octanol–water partition coefficient (Wildman–Crippen LogP) is -1.57. The van der Waals surface area contributed by atoms with Crippen LogP contribution in [0.4, 0.5) is 0 Å². The largest absolute Gasteiger partial charge is 1.00 e. The minimum Gasteiger partial charge on any atom is -1.00 e. The van der Waals surface area contributed by atoms with Crippen LogP contribution in [0, 0.1) is 0 Å². The topological polar surface area (TPSA) is 43.4 Å². The Balaban J connectivity index is -0.000000245. The molecule has 48 valence electrons. The first-order chi connectivity index (χ1) is 3.66. The van der Waals surface area contributed by atoms with Crippen molar-refractivity contribution in [2.75, 3.05) is 6.16 Å². The molecule has 0 N–H and O–H groups in total. The molecule has 3 nitrogen and oxygen atoms in total. The second-order valence-corrected chi connectivity index (χ2v) is 2.71. The number of hydrogen-bond acceptors (Lipinski definition) is 3. The van der Waals surface area contributed by atoms with Crippen LogP contribution in [0.2, 0.25) is 0 Å². The van der Waals surface area contributed by atoms with Gasteiger partial charge in [-0.15, -0.1) is 0 Å². The molecule has 0 aromatic rings. The number of carbonyl (C=O) groups excluding carboxylic acids is 1. The van der Waals surface area contributed by atoms with E-state index in [1.165, 1.54) is 6.92 Å². The minimum absolute atomic E-state index is 0. The van der Waals surface area contributed by atoms with Crippen LogP contribution in [0.5, 0.6) is 0 Å². The Labute approximate surface area is 78.8 Å². The first-order valence-corrected chi connectivity index (χ1v) is 3.66. The molecule has 0 rings (SSSR count). The van der Waals surface area contributed by atoms with Crippen molar-refractivity contribution in [2.45, 2.75) is 13.8 Å². The Morgan fingerprint density at radius 2 is 2.22 bits per heavy atom. The molecule has 0 fully saturated rings. The van der Waals surface area contributed by atoms with Gasteiger partial charge in [0.15, 0.2) is 6.16 Å². The van der Waals surface area contributed by atoms with Crippen LogP contribution in [0.15, 0.2) is 0 Å². The normalized spacial score (nSPS) is 9.33. The van der Waals surface area contributed by atoms with E-state index in [9.17, 15) is 9.36 Å². The molecule has 0 aromatic heterocycles. The molecule has 9 heavy (non-hydrogen) atoms. The molecule has 0 amide bonds. The van der Waals surface area contributed by atoms with E-state index in [4.69, 9.17) is 0 Å². The molecular weight excluding hydrogens is 150 g/mol. The zero-order chi connectivity index (χ0) is 6.57. The van der Waals surface area contributed by atoms with E-state index in [2.05, 4.69) is 4.52 Å². The fourth-order valence-electron chi connectivity index (χ4n) is 0.208. The smallest absolute Gasteiger partial charge is 1.00 e. The Morgan fingerprint density at radius 3 is 2.33 bits per heavy atom. The van der Waals surface area contributed by atoms with Gasteiger partial charge in [-0.25, -0.2) is 9.32 Å². The van der Waals surface area contributed by atoms with Gasteiger partial charge in [0.05, 0.1) is 0 Å². The van der Waals surface area contributed by atoms with E-state index in [1.807, 2.05) is 0 Å². The van der Waals surface area contributed by atoms with Crippen LogP contribution in [-0.2, 0) is 13.9 Å². The van der Waals surface area contributed by atoms with Crippen LogP contribution in [-0.4, -0.2) is 12.1 Å². The average molecular weight is 159 g/mol. The molecule has 1 atom stereocenters. The molecule has 0 heterocycles. The van der Waals surface area contributed by atoms with Crippen LogP contribution < -0.4 is 29.6 Å². The Hall–Kier alpha value is 0.570. The number of hydrogen-bond donors (Lipinski definition) is 0. The second-order valence-electron chi connectivity index (χ2n) is 1.23. The van der Waals surface area contributed by atoms with Gasteiger partial charge in [-0.05, 0) is 11.5 Å². The molecule has 0 saturated carbocycles. The molecule has 0 aliphatic heterocycles. The molecule has 0 bridgehead atoms. The first-order valence-electron chi connectivity index (χ1n) is 2.30. The van der Waals surface area contributed by atoms with Crippen molar-refractivity contribution in [3.05, 3.63) is 0 Å². The summed E-state index contributed by atoms with van der Waals surface area (Å²) in [5.41, 5.74) is 0. The Kier molecular flexibility index (Phi) is 9.11. The predicted molar refractivity (Wildman–Crippen MR) is 31.0 cm³/mol. The maximum atomic E-state index is 10.3. The summed E-state index contributed by atoms with van der Waals surface area (Å²) >= 11 is 0. The first kappa shape index (κ1) is 12.3. The summed E-state index contributed by atoms with van der Waals surface area (Å²) in [5.74, 6) is -0.479. The average Bonchev–Trinajstić information content (AvgIpc) is 1.65. The standard InChI is InChI=1S/C4H8O3P.Na.H/c1-3-8(6)7-4(2)5;;/h3H2,1-2H3;;/q2*+1;-1. The third kappa shape index (κ3) is 8.57. The van der Waals surface area contributed by atoms with E-state index < -0.39 is 14.0 Å². The summed E-state index contributed by atoms with van der Waals surface area (Å²) < 4.78 is 14.6. The molecule has 0 aliphatic rings. The van der Waals surface area contributed by atoms with Crippen LogP contribution in [0.25, 0.3) is 0 Å². The molecule has 1 unspecified atom stereocenters. The van der Waals surface area contributed by atoms with E-state index >= 15 is 0 Å². The van der Waals surface area contributed by atoms with Crippen molar-refractivity contribution >= 4 is 14.0 Å². The molecule has 0 aliphatic carbocycles. The number of rotatable bonds is 2. The van der Waals surface area contributed by atoms with Gasteiger partial charge in [0.25, 0.3) is 0 Å². The molecular formula is C4H9NaO3P+. The van der Waals surface area contributed by atoms with Crippen molar-refractivity contribution in [1.29, 1.82) is 0 Å². The van der Waals surface area contributed by atoms with Gasteiger partial charge >= 0.3 is 43.6 Å². The fraction of sp³-hybridized carbons (Fsp3) is 0.750. The Bertz CT molecular complexity index is 119. The second kappa shape index (κ2) is 6.69. The third-order valence-corrected chi connectivity index (χ3v) is 1.47. The van der Waals surface area contributed by atoms with Gasteiger partial charge < -0.3 is 1.43 Å². The van der Waals surface area contributed by atoms with Gasteiger partial charge in [-0.1, -0.05) is 0 Å². The summed E-state index contributed by atoms with van der Waals surface area (Å²) in [5, 5.41) is 0. The monoisotopic (exact) mass is 159 g/mol. The third-order valence-electron chi connectivity index (χ3n) is 0.489. The van der Waals surface area contributed by atoms with Crippen molar-refractivity contribution in [1.82, 2.24) is 0 Å². The summed E-state index contributed by atoms with van der Waals surface area (Å²) in [7, 11) is -1.72. The SMILES string of the molecule is CC[P+](=O)OC(C)=O.[H-].[Na+]. The van der Waals surface area contributed by atoms with Crippen LogP contribution in [0.1, 0.15) is 15.3 Å². The zero-order valence-electron chi connectivity index (χ0n) is 6.88. The molecule has 0 saturated heterocycles. The van der Waals surface area contributed by atoms with E-state index in [1.54, 1.807) is 6.92 Å². The van der Waals surface area contributed by atoms with Crippen molar-refractivity contribution in [3.8, 4) is 0 Å². The molecule has 0 radical (unpaired) electrons. The van der Waals surface area contributed by atoms with Crippen molar-refractivity contribution in [2.24, 2.45) is 0 Å². The van der Waals surface area contributed by atoms with Gasteiger partial charge in [-0.2, -0.15) is 0 Å². The van der Waals surface area contributed by atoms with Gasteiger partial charge in [0.2, 0.25) is 0 Å². The summed E-state index contributed by atoms with van der Waals surface area (Å²) in [6.07, 6.45) is 0.398. The fourth-order valence-corrected chi connectivity index (χ4v) is 0.624. The minimum atomic E-state index is -1.72. The van der Waals surface area contributed by atoms with Gasteiger partial charge in [0, 0.05) is 6.92 Å². The molecule has 0 aromatic carbocycles. The summed E-state index contributed by atoms with van der Waals surface area (Å²) in [4.78, 5) is 10.0. The Morgan fingerprint density at radius 1 is 1.78 bits per heavy atom. The van der Waals surface area contributed by atoms with Crippen LogP contribution >= 0.6 is 8.03 Å². The quantitative estimate of drug-likeness (QED) is 0.361. The van der Waals surface area contributed by atoms with E-state index in [0.717, 1.165) is 0 Å². The number of carbonyl (C=O) groups is 1.